The highest BCUT2D eigenvalue weighted by Crippen LogP contribution is 2.38. The lowest BCUT2D eigenvalue weighted by atomic mass is 9.97. The Morgan fingerprint density at radius 1 is 1.39 bits per heavy atom. The molecule has 0 aliphatic carbocycles. The number of pyridine rings is 1. The monoisotopic (exact) mass is 415 g/mol. The third-order valence-electron chi connectivity index (χ3n) is 6.07. The number of aromatic nitrogens is 2. The Hall–Kier alpha value is -3.54. The first-order chi connectivity index (χ1) is 14.8. The third kappa shape index (κ3) is 3.58. The molecule has 2 aromatic heterocycles. The summed E-state index contributed by atoms with van der Waals surface area (Å²) < 4.78 is 0. The van der Waals surface area contributed by atoms with Crippen LogP contribution in [-0.4, -0.2) is 33.9 Å². The molecule has 1 aliphatic rings. The predicted molar refractivity (Wildman–Crippen MR) is 131 cm³/mol. The molecule has 31 heavy (non-hydrogen) atoms. The lowest BCUT2D eigenvalue weighted by Gasteiger charge is -2.32. The molecule has 0 amide bonds. The van der Waals surface area contributed by atoms with Crippen molar-refractivity contribution in [3.63, 3.8) is 0 Å². The molecule has 1 aliphatic heterocycles. The van der Waals surface area contributed by atoms with Crippen molar-refractivity contribution < 1.29 is 5.11 Å². The van der Waals surface area contributed by atoms with Crippen LogP contribution in [0.5, 0.6) is 0 Å². The highest BCUT2D eigenvalue weighted by Gasteiger charge is 2.24. The number of allylic oxidation sites excluding steroid dienone is 2. The van der Waals surface area contributed by atoms with Gasteiger partial charge in [-0.25, -0.2) is 4.98 Å². The van der Waals surface area contributed by atoms with Gasteiger partial charge in [0.05, 0.1) is 16.7 Å². The minimum absolute atomic E-state index is 0.130. The van der Waals surface area contributed by atoms with Gasteiger partial charge in [-0.2, -0.15) is 0 Å². The molecule has 1 unspecified atom stereocenters. The zero-order valence-electron chi connectivity index (χ0n) is 18.1. The van der Waals surface area contributed by atoms with E-state index in [2.05, 4.69) is 23.0 Å². The number of aliphatic hydroxyl groups excluding tert-OH is 1. The van der Waals surface area contributed by atoms with Crippen molar-refractivity contribution in [1.82, 2.24) is 9.97 Å². The van der Waals surface area contributed by atoms with Crippen LogP contribution in [0.25, 0.3) is 33.1 Å². The first-order valence-corrected chi connectivity index (χ1v) is 10.5. The highest BCUT2D eigenvalue weighted by molar-refractivity contribution is 6.23. The molecule has 0 radical (unpaired) electrons. The van der Waals surface area contributed by atoms with Crippen molar-refractivity contribution in [1.29, 1.82) is 5.41 Å². The predicted octanol–water partition coefficient (Wildman–Crippen LogP) is 5.38. The molecule has 0 bridgehead atoms. The average Bonchev–Trinajstić information content (AvgIpc) is 3.11. The van der Waals surface area contributed by atoms with Gasteiger partial charge in [-0.3, -0.25) is 0 Å². The van der Waals surface area contributed by atoms with Gasteiger partial charge in [0, 0.05) is 52.7 Å². The number of rotatable bonds is 5. The summed E-state index contributed by atoms with van der Waals surface area (Å²) in [7, 11) is 0. The van der Waals surface area contributed by atoms with Crippen LogP contribution >= 0.6 is 0 Å². The molecule has 6 nitrogen and oxygen atoms in total. The Morgan fingerprint density at radius 3 is 2.81 bits per heavy atom. The standard InChI is InChI=1S/C25H29N5O/c1-5-17-7-6-10-30(13-17)25-23-19-9-8-18(22(15(3)27)16(4)31)11-21(19)29-24(23)20(12-28-25)14(2)26/h5,8-9,11-12,17,27,29,31H,1-2,6-7,10,13,26H2,3-4H3/b22-16+,27-15?. The van der Waals surface area contributed by atoms with Crippen LogP contribution in [0.4, 0.5) is 5.82 Å². The average molecular weight is 416 g/mol. The van der Waals surface area contributed by atoms with Crippen LogP contribution in [0.2, 0.25) is 0 Å². The van der Waals surface area contributed by atoms with Crippen LogP contribution in [0.15, 0.2) is 49.4 Å². The van der Waals surface area contributed by atoms with Crippen LogP contribution in [0.3, 0.4) is 0 Å². The number of aromatic amines is 1. The summed E-state index contributed by atoms with van der Waals surface area (Å²) in [5.41, 5.74) is 10.8. The number of nitrogens with zero attached hydrogens (tertiary/aromatic N) is 2. The maximum atomic E-state index is 10.1. The molecular formula is C25H29N5O. The molecule has 6 heteroatoms. The fourth-order valence-electron chi connectivity index (χ4n) is 4.62. The van der Waals surface area contributed by atoms with E-state index < -0.39 is 0 Å². The number of piperidine rings is 1. The van der Waals surface area contributed by atoms with E-state index in [0.717, 1.165) is 64.7 Å². The zero-order chi connectivity index (χ0) is 22.3. The van der Waals surface area contributed by atoms with Gasteiger partial charge in [0.1, 0.15) is 5.82 Å². The largest absolute Gasteiger partial charge is 0.512 e. The lowest BCUT2D eigenvalue weighted by Crippen LogP contribution is -2.35. The van der Waals surface area contributed by atoms with Gasteiger partial charge >= 0.3 is 0 Å². The van der Waals surface area contributed by atoms with Crippen molar-refractivity contribution in [2.75, 3.05) is 18.0 Å². The van der Waals surface area contributed by atoms with Crippen LogP contribution in [-0.2, 0) is 0 Å². The normalized spacial score (nSPS) is 17.6. The maximum absolute atomic E-state index is 10.1. The summed E-state index contributed by atoms with van der Waals surface area (Å²) >= 11 is 0. The van der Waals surface area contributed by atoms with E-state index >= 15 is 0 Å². The number of fused-ring (bicyclic) bond motifs is 3. The van der Waals surface area contributed by atoms with E-state index in [-0.39, 0.29) is 5.76 Å². The minimum atomic E-state index is 0.130. The number of aliphatic hydroxyl groups is 1. The first kappa shape index (κ1) is 20.7. The van der Waals surface area contributed by atoms with Crippen molar-refractivity contribution in [2.24, 2.45) is 11.7 Å². The summed E-state index contributed by atoms with van der Waals surface area (Å²) in [5.74, 6) is 1.51. The second kappa shape index (κ2) is 7.95. The van der Waals surface area contributed by atoms with Gasteiger partial charge in [-0.15, -0.1) is 6.58 Å². The molecular weight excluding hydrogens is 386 g/mol. The van der Waals surface area contributed by atoms with E-state index in [0.29, 0.717) is 22.9 Å². The number of benzene rings is 1. The van der Waals surface area contributed by atoms with Gasteiger partial charge < -0.3 is 26.1 Å². The van der Waals surface area contributed by atoms with E-state index in [1.54, 1.807) is 20.0 Å². The van der Waals surface area contributed by atoms with Gasteiger partial charge in [-0.1, -0.05) is 24.8 Å². The van der Waals surface area contributed by atoms with Crippen LogP contribution < -0.4 is 10.6 Å². The summed E-state index contributed by atoms with van der Waals surface area (Å²) in [6.07, 6.45) is 6.07. The topological polar surface area (TPSA) is 102 Å². The summed E-state index contributed by atoms with van der Waals surface area (Å²) in [5, 5.41) is 20.2. The molecule has 1 saturated heterocycles. The summed E-state index contributed by atoms with van der Waals surface area (Å²) in [4.78, 5) is 10.6. The van der Waals surface area contributed by atoms with Crippen molar-refractivity contribution in [3.8, 4) is 0 Å². The highest BCUT2D eigenvalue weighted by atomic mass is 16.3. The van der Waals surface area contributed by atoms with Crippen molar-refractivity contribution in [2.45, 2.75) is 26.7 Å². The van der Waals surface area contributed by atoms with E-state index in [1.165, 1.54) is 0 Å². The summed E-state index contributed by atoms with van der Waals surface area (Å²) in [6.45, 7) is 13.0. The quantitative estimate of drug-likeness (QED) is 0.255. The van der Waals surface area contributed by atoms with Gasteiger partial charge in [-0.05, 0) is 44.2 Å². The van der Waals surface area contributed by atoms with E-state index in [1.807, 2.05) is 24.3 Å². The maximum Gasteiger partial charge on any atom is 0.138 e. The molecule has 1 fully saturated rings. The molecule has 160 valence electrons. The third-order valence-corrected chi connectivity index (χ3v) is 6.07. The van der Waals surface area contributed by atoms with Crippen molar-refractivity contribution in [3.05, 3.63) is 60.5 Å². The number of anilines is 1. The van der Waals surface area contributed by atoms with Crippen molar-refractivity contribution >= 4 is 44.6 Å². The number of nitrogens with two attached hydrogens (primary N) is 1. The molecule has 0 saturated carbocycles. The molecule has 1 atom stereocenters. The van der Waals surface area contributed by atoms with Crippen LogP contribution in [0.1, 0.15) is 37.8 Å². The van der Waals surface area contributed by atoms with Gasteiger partial charge in [0.25, 0.3) is 0 Å². The Morgan fingerprint density at radius 2 is 2.16 bits per heavy atom. The molecule has 3 aromatic rings. The molecule has 4 rings (SSSR count). The van der Waals surface area contributed by atoms with E-state index in [4.69, 9.17) is 16.1 Å². The second-order valence-electron chi connectivity index (χ2n) is 8.33. The lowest BCUT2D eigenvalue weighted by molar-refractivity contribution is 0.418. The van der Waals surface area contributed by atoms with Crippen LogP contribution in [0, 0.1) is 11.3 Å². The van der Waals surface area contributed by atoms with Gasteiger partial charge in [0.15, 0.2) is 0 Å². The first-order valence-electron chi connectivity index (χ1n) is 10.5. The fourth-order valence-corrected chi connectivity index (χ4v) is 4.62. The molecule has 5 N–H and O–H groups in total. The number of hydrogen-bond donors (Lipinski definition) is 4. The zero-order valence-corrected chi connectivity index (χ0v) is 18.1. The smallest absolute Gasteiger partial charge is 0.138 e. The fraction of sp³-hybridized carbons (Fsp3) is 0.280. The molecule has 0 spiro atoms. The molecule has 3 heterocycles. The number of nitrogens with one attached hydrogen (secondary N) is 2. The number of H-pyrrole nitrogens is 1. The Balaban J connectivity index is 1.97. The molecule has 1 aromatic carbocycles. The van der Waals surface area contributed by atoms with Gasteiger partial charge in [0.2, 0.25) is 0 Å². The second-order valence-corrected chi connectivity index (χ2v) is 8.33. The summed E-state index contributed by atoms with van der Waals surface area (Å²) in [6, 6.07) is 5.94. The number of hydrogen-bond acceptors (Lipinski definition) is 5. The minimum Gasteiger partial charge on any atom is -0.512 e. The van der Waals surface area contributed by atoms with E-state index in [9.17, 15) is 5.11 Å². The Kier molecular flexibility index (Phi) is 5.31. The Bertz CT molecular complexity index is 1250. The Labute approximate surface area is 182 Å². The SMILES string of the molecule is C=CC1CCCN(c2ncc(C(=C)N)c3[nH]c4cc(/C(C(C)=N)=C(\C)O)ccc4c23)C1.